The lowest BCUT2D eigenvalue weighted by Crippen LogP contribution is -2.33. The number of hydrogen-bond acceptors (Lipinski definition) is 3. The Bertz CT molecular complexity index is 392. The van der Waals surface area contributed by atoms with Crippen molar-refractivity contribution in [3.8, 4) is 0 Å². The van der Waals surface area contributed by atoms with Crippen molar-refractivity contribution in [2.24, 2.45) is 5.73 Å². The van der Waals surface area contributed by atoms with Gasteiger partial charge in [-0.15, -0.1) is 0 Å². The van der Waals surface area contributed by atoms with Crippen LogP contribution in [-0.2, 0) is 6.54 Å². The van der Waals surface area contributed by atoms with Gasteiger partial charge in [-0.3, -0.25) is 4.90 Å². The molecule has 1 aromatic rings. The standard InChI is InChI=1S/C13H20ClN3/c1-16(2)5-6-17-9-10-3-4-11(14)7-12(10)13(17)8-15/h3-4,7,13H,5-6,8-9,15H2,1-2H3. The molecular weight excluding hydrogens is 234 g/mol. The highest BCUT2D eigenvalue weighted by Gasteiger charge is 2.28. The van der Waals surface area contributed by atoms with E-state index in [2.05, 4.69) is 36.0 Å². The van der Waals surface area contributed by atoms with Crippen molar-refractivity contribution < 1.29 is 0 Å². The third kappa shape index (κ3) is 2.80. The summed E-state index contributed by atoms with van der Waals surface area (Å²) in [6.07, 6.45) is 0. The molecule has 0 fully saturated rings. The minimum Gasteiger partial charge on any atom is -0.329 e. The van der Waals surface area contributed by atoms with E-state index in [-0.39, 0.29) is 0 Å². The van der Waals surface area contributed by atoms with E-state index in [1.165, 1.54) is 11.1 Å². The topological polar surface area (TPSA) is 32.5 Å². The SMILES string of the molecule is CN(C)CCN1Cc2ccc(Cl)cc2C1CN. The van der Waals surface area contributed by atoms with E-state index in [1.807, 2.05) is 6.07 Å². The van der Waals surface area contributed by atoms with Gasteiger partial charge >= 0.3 is 0 Å². The maximum Gasteiger partial charge on any atom is 0.0478 e. The summed E-state index contributed by atoms with van der Waals surface area (Å²) in [4.78, 5) is 4.63. The maximum absolute atomic E-state index is 6.05. The summed E-state index contributed by atoms with van der Waals surface area (Å²) in [5, 5.41) is 0.802. The van der Waals surface area contributed by atoms with E-state index in [0.717, 1.165) is 24.7 Å². The number of fused-ring (bicyclic) bond motifs is 1. The number of benzene rings is 1. The number of likely N-dealkylation sites (N-methyl/N-ethyl adjacent to an activating group) is 1. The van der Waals surface area contributed by atoms with Crippen LogP contribution in [0.1, 0.15) is 17.2 Å². The van der Waals surface area contributed by atoms with Crippen molar-refractivity contribution in [2.45, 2.75) is 12.6 Å². The van der Waals surface area contributed by atoms with Gasteiger partial charge in [0.2, 0.25) is 0 Å². The van der Waals surface area contributed by atoms with Crippen molar-refractivity contribution in [3.63, 3.8) is 0 Å². The molecule has 1 aromatic carbocycles. The second-order valence-electron chi connectivity index (χ2n) is 4.87. The molecule has 3 nitrogen and oxygen atoms in total. The van der Waals surface area contributed by atoms with Gasteiger partial charge in [0, 0.05) is 37.2 Å². The molecule has 1 aliphatic rings. The Morgan fingerprint density at radius 1 is 1.47 bits per heavy atom. The molecule has 0 aromatic heterocycles. The largest absolute Gasteiger partial charge is 0.329 e. The highest BCUT2D eigenvalue weighted by atomic mass is 35.5. The van der Waals surface area contributed by atoms with E-state index < -0.39 is 0 Å². The summed E-state index contributed by atoms with van der Waals surface area (Å²) < 4.78 is 0. The lowest BCUT2D eigenvalue weighted by atomic mass is 10.1. The zero-order valence-corrected chi connectivity index (χ0v) is 11.2. The molecule has 0 saturated heterocycles. The monoisotopic (exact) mass is 253 g/mol. The van der Waals surface area contributed by atoms with E-state index >= 15 is 0 Å². The number of halogens is 1. The van der Waals surface area contributed by atoms with E-state index in [9.17, 15) is 0 Å². The zero-order valence-electron chi connectivity index (χ0n) is 10.5. The normalized spacial score (nSPS) is 19.9. The van der Waals surface area contributed by atoms with Gasteiger partial charge in [0.25, 0.3) is 0 Å². The third-order valence-electron chi connectivity index (χ3n) is 3.34. The predicted octanol–water partition coefficient (Wildman–Crippen LogP) is 1.72. The van der Waals surface area contributed by atoms with Gasteiger partial charge < -0.3 is 10.6 Å². The first-order valence-electron chi connectivity index (χ1n) is 5.99. The number of nitrogens with zero attached hydrogens (tertiary/aromatic N) is 2. The first kappa shape index (κ1) is 12.8. The molecular formula is C13H20ClN3. The molecule has 94 valence electrons. The van der Waals surface area contributed by atoms with Crippen LogP contribution in [0.2, 0.25) is 5.02 Å². The highest BCUT2D eigenvalue weighted by molar-refractivity contribution is 6.30. The molecule has 0 amide bonds. The Balaban J connectivity index is 2.14. The lowest BCUT2D eigenvalue weighted by molar-refractivity contribution is 0.197. The molecule has 17 heavy (non-hydrogen) atoms. The van der Waals surface area contributed by atoms with Crippen molar-refractivity contribution >= 4 is 11.6 Å². The maximum atomic E-state index is 6.05. The molecule has 2 N–H and O–H groups in total. The smallest absolute Gasteiger partial charge is 0.0478 e. The first-order valence-corrected chi connectivity index (χ1v) is 6.37. The fourth-order valence-electron chi connectivity index (χ4n) is 2.39. The van der Waals surface area contributed by atoms with Gasteiger partial charge in [-0.05, 0) is 37.4 Å². The minimum atomic E-state index is 0.323. The van der Waals surface area contributed by atoms with Crippen LogP contribution in [0.5, 0.6) is 0 Å². The molecule has 1 heterocycles. The van der Waals surface area contributed by atoms with Crippen molar-refractivity contribution in [2.75, 3.05) is 33.7 Å². The lowest BCUT2D eigenvalue weighted by Gasteiger charge is -2.25. The molecule has 2 rings (SSSR count). The van der Waals surface area contributed by atoms with Crippen LogP contribution in [0.15, 0.2) is 18.2 Å². The van der Waals surface area contributed by atoms with Gasteiger partial charge in [0.1, 0.15) is 0 Å². The van der Waals surface area contributed by atoms with Crippen LogP contribution < -0.4 is 5.73 Å². The summed E-state index contributed by atoms with van der Waals surface area (Å²) in [6.45, 7) is 3.74. The average Bonchev–Trinajstić information content (AvgIpc) is 2.63. The van der Waals surface area contributed by atoms with Crippen molar-refractivity contribution in [3.05, 3.63) is 34.3 Å². The number of rotatable bonds is 4. The van der Waals surface area contributed by atoms with Gasteiger partial charge in [0.15, 0.2) is 0 Å². The first-order chi connectivity index (χ1) is 8.11. The van der Waals surface area contributed by atoms with E-state index in [1.54, 1.807) is 0 Å². The molecule has 0 saturated carbocycles. The van der Waals surface area contributed by atoms with Crippen LogP contribution in [0.25, 0.3) is 0 Å². The van der Waals surface area contributed by atoms with Gasteiger partial charge in [-0.1, -0.05) is 17.7 Å². The highest BCUT2D eigenvalue weighted by Crippen LogP contribution is 2.34. The summed E-state index contributed by atoms with van der Waals surface area (Å²) >= 11 is 6.05. The summed E-state index contributed by atoms with van der Waals surface area (Å²) in [6, 6.07) is 6.47. The molecule has 0 bridgehead atoms. The fourth-order valence-corrected chi connectivity index (χ4v) is 2.57. The second-order valence-corrected chi connectivity index (χ2v) is 5.30. The van der Waals surface area contributed by atoms with E-state index in [4.69, 9.17) is 17.3 Å². The molecule has 1 atom stereocenters. The fraction of sp³-hybridized carbons (Fsp3) is 0.538. The van der Waals surface area contributed by atoms with Crippen molar-refractivity contribution in [1.82, 2.24) is 9.80 Å². The summed E-state index contributed by atoms with van der Waals surface area (Å²) in [5.74, 6) is 0. The van der Waals surface area contributed by atoms with Crippen LogP contribution in [0.3, 0.4) is 0 Å². The minimum absolute atomic E-state index is 0.323. The Hall–Kier alpha value is -0.610. The van der Waals surface area contributed by atoms with Gasteiger partial charge in [0.05, 0.1) is 0 Å². The van der Waals surface area contributed by atoms with Crippen molar-refractivity contribution in [1.29, 1.82) is 0 Å². The average molecular weight is 254 g/mol. The van der Waals surface area contributed by atoms with Gasteiger partial charge in [-0.25, -0.2) is 0 Å². The number of hydrogen-bond donors (Lipinski definition) is 1. The quantitative estimate of drug-likeness (QED) is 0.887. The molecule has 0 aliphatic carbocycles. The van der Waals surface area contributed by atoms with Crippen LogP contribution in [0.4, 0.5) is 0 Å². The Kier molecular flexibility index (Phi) is 4.05. The summed E-state index contributed by atoms with van der Waals surface area (Å²) in [5.41, 5.74) is 8.57. The predicted molar refractivity (Wildman–Crippen MR) is 72.2 cm³/mol. The molecule has 0 radical (unpaired) electrons. The zero-order chi connectivity index (χ0) is 12.4. The van der Waals surface area contributed by atoms with Crippen LogP contribution in [0, 0.1) is 0 Å². The second kappa shape index (κ2) is 5.36. The number of nitrogens with two attached hydrogens (primary N) is 1. The van der Waals surface area contributed by atoms with Crippen LogP contribution in [-0.4, -0.2) is 43.5 Å². The molecule has 0 spiro atoms. The Morgan fingerprint density at radius 2 is 2.24 bits per heavy atom. The van der Waals surface area contributed by atoms with Gasteiger partial charge in [-0.2, -0.15) is 0 Å². The molecule has 1 aliphatic heterocycles. The third-order valence-corrected chi connectivity index (χ3v) is 3.57. The van der Waals surface area contributed by atoms with E-state index in [0.29, 0.717) is 12.6 Å². The summed E-state index contributed by atoms with van der Waals surface area (Å²) in [7, 11) is 4.19. The molecule has 1 unspecified atom stereocenters. The molecule has 4 heteroatoms. The Morgan fingerprint density at radius 3 is 2.88 bits per heavy atom. The van der Waals surface area contributed by atoms with Crippen LogP contribution >= 0.6 is 11.6 Å². The Labute approximate surface area is 108 Å².